The highest BCUT2D eigenvalue weighted by Crippen LogP contribution is 2.29. The number of aryl methyl sites for hydroxylation is 1. The maximum atomic E-state index is 12.1. The zero-order valence-electron chi connectivity index (χ0n) is 15.5. The fourth-order valence-corrected chi connectivity index (χ4v) is 2.93. The van der Waals surface area contributed by atoms with Gasteiger partial charge in [0.05, 0.1) is 22.6 Å². The topological polar surface area (TPSA) is 142 Å². The molecule has 10 heteroatoms. The second-order valence-electron chi connectivity index (χ2n) is 6.38. The van der Waals surface area contributed by atoms with Gasteiger partial charge in [0.2, 0.25) is 5.88 Å². The monoisotopic (exact) mass is 389 g/mol. The van der Waals surface area contributed by atoms with E-state index in [1.54, 1.807) is 31.3 Å². The predicted molar refractivity (Wildman–Crippen MR) is 103 cm³/mol. The lowest BCUT2D eigenvalue weighted by molar-refractivity contribution is 0.218. The van der Waals surface area contributed by atoms with Crippen molar-refractivity contribution in [2.75, 3.05) is 0 Å². The van der Waals surface area contributed by atoms with Crippen molar-refractivity contribution < 1.29 is 4.74 Å². The second kappa shape index (κ2) is 7.05. The van der Waals surface area contributed by atoms with Crippen LogP contribution < -0.4 is 16.0 Å². The number of hydrogen-bond donors (Lipinski definition) is 2. The zero-order valence-corrected chi connectivity index (χ0v) is 15.5. The smallest absolute Gasteiger partial charge is 0.325 e. The van der Waals surface area contributed by atoms with Crippen LogP contribution in [0, 0.1) is 11.3 Å². The number of hydrogen-bond acceptors (Lipinski definition) is 7. The van der Waals surface area contributed by atoms with E-state index in [-0.39, 0.29) is 17.4 Å². The molecule has 0 aliphatic carbocycles. The molecule has 1 aromatic carbocycles. The van der Waals surface area contributed by atoms with Gasteiger partial charge in [-0.25, -0.2) is 9.48 Å². The molecule has 0 bridgehead atoms. The summed E-state index contributed by atoms with van der Waals surface area (Å²) in [5.74, 6) is 0.314. The van der Waals surface area contributed by atoms with Crippen LogP contribution in [0.2, 0.25) is 0 Å². The molecule has 0 spiro atoms. The Morgan fingerprint density at radius 1 is 1.24 bits per heavy atom. The standard InChI is InChI=1S/C19H15N7O3/c1-10(12-5-3-4-11(6-12)8-20)29-18-13-7-15(23-24-16(13)26(2)25-18)14-9-21-19(28)22-17(14)27/h3-7,9-10H,1-2H3,(H2,21,22,27,28). The van der Waals surface area contributed by atoms with Gasteiger partial charge in [-0.05, 0) is 30.7 Å². The maximum absolute atomic E-state index is 12.1. The van der Waals surface area contributed by atoms with Crippen molar-refractivity contribution in [3.63, 3.8) is 0 Å². The highest BCUT2D eigenvalue weighted by molar-refractivity contribution is 5.84. The molecule has 144 valence electrons. The molecule has 2 N–H and O–H groups in total. The number of H-pyrrole nitrogens is 2. The van der Waals surface area contributed by atoms with Crippen molar-refractivity contribution in [1.29, 1.82) is 5.26 Å². The third-order valence-electron chi connectivity index (χ3n) is 4.42. The lowest BCUT2D eigenvalue weighted by atomic mass is 10.1. The second-order valence-corrected chi connectivity index (χ2v) is 6.38. The molecule has 4 rings (SSSR count). The number of aromatic nitrogens is 6. The van der Waals surface area contributed by atoms with Crippen molar-refractivity contribution in [2.45, 2.75) is 13.0 Å². The Bertz CT molecular complexity index is 1380. The number of rotatable bonds is 4. The van der Waals surface area contributed by atoms with Crippen LogP contribution in [0.5, 0.6) is 5.88 Å². The van der Waals surface area contributed by atoms with Gasteiger partial charge in [-0.15, -0.1) is 15.3 Å². The van der Waals surface area contributed by atoms with Crippen LogP contribution in [0.1, 0.15) is 24.2 Å². The lowest BCUT2D eigenvalue weighted by Crippen LogP contribution is -2.22. The molecule has 4 aromatic rings. The molecule has 0 aliphatic heterocycles. The largest absolute Gasteiger partial charge is 0.468 e. The summed E-state index contributed by atoms with van der Waals surface area (Å²) >= 11 is 0. The third-order valence-corrected chi connectivity index (χ3v) is 4.42. The van der Waals surface area contributed by atoms with E-state index in [2.05, 4.69) is 31.3 Å². The Labute approximate surface area is 163 Å². The summed E-state index contributed by atoms with van der Waals surface area (Å²) < 4.78 is 7.55. The van der Waals surface area contributed by atoms with Crippen LogP contribution in [0.25, 0.3) is 22.3 Å². The van der Waals surface area contributed by atoms with Gasteiger partial charge < -0.3 is 9.72 Å². The van der Waals surface area contributed by atoms with Gasteiger partial charge in [-0.1, -0.05) is 12.1 Å². The molecule has 0 amide bonds. The molecule has 3 aromatic heterocycles. The molecule has 10 nitrogen and oxygen atoms in total. The van der Waals surface area contributed by atoms with Gasteiger partial charge in [0.15, 0.2) is 5.65 Å². The number of nitrogens with one attached hydrogen (secondary N) is 2. The van der Waals surface area contributed by atoms with E-state index in [9.17, 15) is 9.59 Å². The normalized spacial score (nSPS) is 11.9. The van der Waals surface area contributed by atoms with Gasteiger partial charge in [0, 0.05) is 13.2 Å². The maximum Gasteiger partial charge on any atom is 0.325 e. The molecule has 0 saturated carbocycles. The van der Waals surface area contributed by atoms with Gasteiger partial charge in [-0.2, -0.15) is 5.26 Å². The van der Waals surface area contributed by atoms with E-state index in [4.69, 9.17) is 10.00 Å². The van der Waals surface area contributed by atoms with E-state index in [1.807, 2.05) is 13.0 Å². The first-order chi connectivity index (χ1) is 14.0. The Hall–Kier alpha value is -4.26. The Balaban J connectivity index is 1.75. The van der Waals surface area contributed by atoms with Gasteiger partial charge in [0.1, 0.15) is 11.8 Å². The summed E-state index contributed by atoms with van der Waals surface area (Å²) in [5.41, 5.74) is 1.09. The number of nitrogens with zero attached hydrogens (tertiary/aromatic N) is 5. The molecular formula is C19H15N7O3. The summed E-state index contributed by atoms with van der Waals surface area (Å²) in [6.07, 6.45) is 0.902. The molecule has 0 fully saturated rings. The minimum absolute atomic E-state index is 0.170. The van der Waals surface area contributed by atoms with E-state index >= 15 is 0 Å². The van der Waals surface area contributed by atoms with Crippen LogP contribution in [-0.4, -0.2) is 29.9 Å². The van der Waals surface area contributed by atoms with E-state index in [0.717, 1.165) is 5.56 Å². The summed E-state index contributed by atoms with van der Waals surface area (Å²) in [4.78, 5) is 27.9. The molecule has 3 heterocycles. The van der Waals surface area contributed by atoms with E-state index in [0.29, 0.717) is 22.5 Å². The summed E-state index contributed by atoms with van der Waals surface area (Å²) in [6.45, 7) is 1.85. The van der Waals surface area contributed by atoms with E-state index < -0.39 is 11.2 Å². The highest BCUT2D eigenvalue weighted by atomic mass is 16.5. The van der Waals surface area contributed by atoms with Crippen molar-refractivity contribution in [2.24, 2.45) is 7.05 Å². The summed E-state index contributed by atoms with van der Waals surface area (Å²) in [7, 11) is 1.71. The van der Waals surface area contributed by atoms with Crippen molar-refractivity contribution in [1.82, 2.24) is 29.9 Å². The fraction of sp³-hybridized carbons (Fsp3) is 0.158. The summed E-state index contributed by atoms with van der Waals surface area (Å²) in [5, 5.41) is 22.2. The van der Waals surface area contributed by atoms with Crippen LogP contribution in [0.3, 0.4) is 0 Å². The van der Waals surface area contributed by atoms with Crippen LogP contribution >= 0.6 is 0 Å². The van der Waals surface area contributed by atoms with Crippen molar-refractivity contribution in [3.05, 3.63) is 68.5 Å². The van der Waals surface area contributed by atoms with Crippen molar-refractivity contribution >= 4 is 11.0 Å². The first kappa shape index (κ1) is 18.1. The van der Waals surface area contributed by atoms with Crippen LogP contribution in [-0.2, 0) is 7.05 Å². The molecule has 29 heavy (non-hydrogen) atoms. The molecule has 0 saturated heterocycles. The first-order valence-corrected chi connectivity index (χ1v) is 8.66. The minimum atomic E-state index is -0.605. The molecular weight excluding hydrogens is 374 g/mol. The number of nitriles is 1. The van der Waals surface area contributed by atoms with Crippen molar-refractivity contribution in [3.8, 4) is 23.2 Å². The Morgan fingerprint density at radius 2 is 2.07 bits per heavy atom. The third kappa shape index (κ3) is 3.37. The van der Waals surface area contributed by atoms with Gasteiger partial charge in [0.25, 0.3) is 5.56 Å². The average molecular weight is 389 g/mol. The number of aromatic amines is 2. The Kier molecular flexibility index (Phi) is 4.40. The molecule has 0 radical (unpaired) electrons. The van der Waals surface area contributed by atoms with E-state index in [1.165, 1.54) is 10.9 Å². The number of ether oxygens (including phenoxy) is 1. The van der Waals surface area contributed by atoms with Crippen LogP contribution in [0.4, 0.5) is 0 Å². The first-order valence-electron chi connectivity index (χ1n) is 8.66. The average Bonchev–Trinajstić information content (AvgIpc) is 3.02. The molecule has 0 aliphatic rings. The SMILES string of the molecule is CC(Oc1nn(C)c2nnc(-c3c[nH]c(=O)[nH]c3=O)cc12)c1cccc(C#N)c1. The Morgan fingerprint density at radius 3 is 2.83 bits per heavy atom. The quantitative estimate of drug-likeness (QED) is 0.537. The number of fused-ring (bicyclic) bond motifs is 1. The van der Waals surface area contributed by atoms with Gasteiger partial charge >= 0.3 is 5.69 Å². The molecule has 1 atom stereocenters. The molecule has 1 unspecified atom stereocenters. The summed E-state index contributed by atoms with van der Waals surface area (Å²) in [6, 6.07) is 10.9. The predicted octanol–water partition coefficient (Wildman–Crippen LogP) is 1.42. The highest BCUT2D eigenvalue weighted by Gasteiger charge is 2.18. The lowest BCUT2D eigenvalue weighted by Gasteiger charge is -2.13. The zero-order chi connectivity index (χ0) is 20.5. The van der Waals surface area contributed by atoms with Crippen LogP contribution in [0.15, 0.2) is 46.1 Å². The van der Waals surface area contributed by atoms with Gasteiger partial charge in [-0.3, -0.25) is 9.78 Å². The number of benzene rings is 1. The minimum Gasteiger partial charge on any atom is -0.468 e. The fourth-order valence-electron chi connectivity index (χ4n) is 2.93.